The molecule has 8 nitrogen and oxygen atoms in total. The summed E-state index contributed by atoms with van der Waals surface area (Å²) >= 11 is 3.36. The fraction of sp³-hybridized carbons (Fsp3) is 0.267. The number of nitrogens with one attached hydrogen (secondary N) is 2. The van der Waals surface area contributed by atoms with E-state index < -0.39 is 17.9 Å². The number of hydrogen-bond donors (Lipinski definition) is 5. The number of carboxylic acid groups (broad SMARTS) is 1. The number of fused-ring (bicyclic) bond motifs is 1. The van der Waals surface area contributed by atoms with Gasteiger partial charge in [0, 0.05) is 28.1 Å². The van der Waals surface area contributed by atoms with Gasteiger partial charge in [0.1, 0.15) is 6.04 Å². The Balaban J connectivity index is 2.06. The van der Waals surface area contributed by atoms with Crippen LogP contribution in [0.5, 0.6) is 0 Å². The number of carbonyl (C=O) groups excluding carboxylic acids is 1. The highest BCUT2D eigenvalue weighted by Crippen LogP contribution is 2.22. The van der Waals surface area contributed by atoms with E-state index in [2.05, 4.69) is 31.2 Å². The lowest BCUT2D eigenvalue weighted by Crippen LogP contribution is -2.40. The standard InChI is InChI=1S/C15H18BrN5O3/c16-8-3-4-9-10(7-20-12(9)6-8)13(22)21-11(14(23)24)2-1-5-19-15(17)18/h3-4,6-7,11,20H,1-2,5H2,(H,21,22)(H,23,24)(H4,17,18,19). The summed E-state index contributed by atoms with van der Waals surface area (Å²) in [7, 11) is 0. The van der Waals surface area contributed by atoms with Crippen LogP contribution in [0.4, 0.5) is 0 Å². The smallest absolute Gasteiger partial charge is 0.326 e. The number of nitrogens with zero attached hydrogens (tertiary/aromatic N) is 1. The lowest BCUT2D eigenvalue weighted by atomic mass is 10.1. The second-order valence-electron chi connectivity index (χ2n) is 5.21. The van der Waals surface area contributed by atoms with E-state index in [1.54, 1.807) is 12.3 Å². The van der Waals surface area contributed by atoms with E-state index in [0.717, 1.165) is 15.4 Å². The molecule has 0 saturated carbocycles. The van der Waals surface area contributed by atoms with Gasteiger partial charge < -0.3 is 26.9 Å². The van der Waals surface area contributed by atoms with Crippen LogP contribution in [-0.4, -0.2) is 40.5 Å². The van der Waals surface area contributed by atoms with Gasteiger partial charge in [-0.15, -0.1) is 0 Å². The van der Waals surface area contributed by atoms with E-state index in [9.17, 15) is 14.7 Å². The third-order valence-electron chi connectivity index (χ3n) is 3.44. The average molecular weight is 396 g/mol. The molecule has 1 aromatic heterocycles. The van der Waals surface area contributed by atoms with Crippen molar-refractivity contribution in [2.45, 2.75) is 18.9 Å². The maximum absolute atomic E-state index is 12.4. The summed E-state index contributed by atoms with van der Waals surface area (Å²) < 4.78 is 0.881. The van der Waals surface area contributed by atoms with Crippen LogP contribution in [-0.2, 0) is 4.79 Å². The van der Waals surface area contributed by atoms with Crippen molar-refractivity contribution in [3.63, 3.8) is 0 Å². The highest BCUT2D eigenvalue weighted by atomic mass is 79.9. The average Bonchev–Trinajstić information content (AvgIpc) is 2.92. The molecule has 2 aromatic rings. The van der Waals surface area contributed by atoms with E-state index in [1.165, 1.54) is 0 Å². The first-order valence-corrected chi connectivity index (χ1v) is 8.03. The number of aliphatic carboxylic acids is 1. The van der Waals surface area contributed by atoms with Gasteiger partial charge in [-0.2, -0.15) is 0 Å². The van der Waals surface area contributed by atoms with E-state index in [-0.39, 0.29) is 12.4 Å². The molecule has 0 radical (unpaired) electrons. The van der Waals surface area contributed by atoms with Crippen molar-refractivity contribution < 1.29 is 14.7 Å². The Morgan fingerprint density at radius 3 is 2.79 bits per heavy atom. The van der Waals surface area contributed by atoms with E-state index in [1.807, 2.05) is 12.1 Å². The molecule has 1 amide bonds. The molecule has 1 unspecified atom stereocenters. The topological polar surface area (TPSA) is 147 Å². The number of nitrogens with two attached hydrogens (primary N) is 2. The zero-order chi connectivity index (χ0) is 17.7. The molecular weight excluding hydrogens is 378 g/mol. The second kappa shape index (κ2) is 7.82. The fourth-order valence-corrected chi connectivity index (χ4v) is 2.64. The second-order valence-corrected chi connectivity index (χ2v) is 6.12. The summed E-state index contributed by atoms with van der Waals surface area (Å²) in [5.74, 6) is -1.59. The SMILES string of the molecule is NC(N)=NCCCC(NC(=O)c1c[nH]c2cc(Br)ccc12)C(=O)O. The third kappa shape index (κ3) is 4.48. The minimum atomic E-state index is -1.10. The maximum atomic E-state index is 12.4. The zero-order valence-corrected chi connectivity index (χ0v) is 14.3. The van der Waals surface area contributed by atoms with E-state index in [0.29, 0.717) is 18.5 Å². The molecule has 0 spiro atoms. The number of amides is 1. The number of aromatic amines is 1. The number of aliphatic imine (C=N–C) groups is 1. The first-order valence-electron chi connectivity index (χ1n) is 7.24. The Morgan fingerprint density at radius 2 is 2.12 bits per heavy atom. The Morgan fingerprint density at radius 1 is 1.38 bits per heavy atom. The zero-order valence-electron chi connectivity index (χ0n) is 12.8. The number of carbonyl (C=O) groups is 2. The first-order chi connectivity index (χ1) is 11.4. The molecule has 1 heterocycles. The van der Waals surface area contributed by atoms with Gasteiger partial charge in [-0.1, -0.05) is 22.0 Å². The minimum Gasteiger partial charge on any atom is -0.480 e. The number of carboxylic acids is 1. The molecule has 0 bridgehead atoms. The molecule has 0 aliphatic rings. The molecule has 24 heavy (non-hydrogen) atoms. The molecule has 7 N–H and O–H groups in total. The maximum Gasteiger partial charge on any atom is 0.326 e. The van der Waals surface area contributed by atoms with Crippen molar-refractivity contribution in [1.29, 1.82) is 0 Å². The van der Waals surface area contributed by atoms with Gasteiger partial charge in [0.05, 0.1) is 5.56 Å². The van der Waals surface area contributed by atoms with E-state index >= 15 is 0 Å². The van der Waals surface area contributed by atoms with Crippen LogP contribution in [0, 0.1) is 0 Å². The lowest BCUT2D eigenvalue weighted by Gasteiger charge is -2.13. The number of benzene rings is 1. The first kappa shape index (κ1) is 17.8. The number of aromatic nitrogens is 1. The minimum absolute atomic E-state index is 0.0455. The Hall–Kier alpha value is -2.55. The van der Waals surface area contributed by atoms with Gasteiger partial charge in [-0.25, -0.2) is 4.79 Å². The molecular formula is C15H18BrN5O3. The van der Waals surface area contributed by atoms with Crippen molar-refractivity contribution in [3.05, 3.63) is 34.4 Å². The largest absolute Gasteiger partial charge is 0.480 e. The van der Waals surface area contributed by atoms with Gasteiger partial charge in [0.15, 0.2) is 5.96 Å². The monoisotopic (exact) mass is 395 g/mol. The number of hydrogen-bond acceptors (Lipinski definition) is 3. The number of H-pyrrole nitrogens is 1. The van der Waals surface area contributed by atoms with Crippen molar-refractivity contribution in [2.24, 2.45) is 16.5 Å². The summed E-state index contributed by atoms with van der Waals surface area (Å²) in [6, 6.07) is 4.44. The number of rotatable bonds is 7. The van der Waals surface area contributed by atoms with Crippen LogP contribution in [0.1, 0.15) is 23.2 Å². The normalized spacial score (nSPS) is 11.9. The number of halogens is 1. The van der Waals surface area contributed by atoms with Crippen molar-refractivity contribution >= 4 is 44.7 Å². The molecule has 1 atom stereocenters. The molecule has 0 saturated heterocycles. The molecule has 0 aliphatic carbocycles. The predicted octanol–water partition coefficient (Wildman–Crippen LogP) is 1.17. The fourth-order valence-electron chi connectivity index (χ4n) is 2.28. The van der Waals surface area contributed by atoms with Crippen molar-refractivity contribution in [3.8, 4) is 0 Å². The van der Waals surface area contributed by atoms with Gasteiger partial charge in [-0.3, -0.25) is 9.79 Å². The quantitative estimate of drug-likeness (QED) is 0.271. The summed E-state index contributed by atoms with van der Waals surface area (Å²) in [4.78, 5) is 30.5. The predicted molar refractivity (Wildman–Crippen MR) is 94.8 cm³/mol. The molecule has 1 aromatic carbocycles. The number of guanidine groups is 1. The highest BCUT2D eigenvalue weighted by molar-refractivity contribution is 9.10. The van der Waals surface area contributed by atoms with Crippen LogP contribution in [0.15, 0.2) is 33.9 Å². The Bertz CT molecular complexity index is 783. The van der Waals surface area contributed by atoms with Crippen LogP contribution < -0.4 is 16.8 Å². The van der Waals surface area contributed by atoms with Crippen LogP contribution in [0.25, 0.3) is 10.9 Å². The summed E-state index contributed by atoms with van der Waals surface area (Å²) in [5, 5.41) is 12.5. The highest BCUT2D eigenvalue weighted by Gasteiger charge is 2.21. The van der Waals surface area contributed by atoms with Gasteiger partial charge in [-0.05, 0) is 25.0 Å². The lowest BCUT2D eigenvalue weighted by molar-refractivity contribution is -0.139. The van der Waals surface area contributed by atoms with Crippen LogP contribution in [0.3, 0.4) is 0 Å². The Labute approximate surface area is 146 Å². The summed E-state index contributed by atoms with van der Waals surface area (Å²) in [6.07, 6.45) is 2.23. The van der Waals surface area contributed by atoms with Gasteiger partial charge in [0.25, 0.3) is 5.91 Å². The summed E-state index contributed by atoms with van der Waals surface area (Å²) in [5.41, 5.74) is 11.6. The molecule has 128 valence electrons. The summed E-state index contributed by atoms with van der Waals surface area (Å²) in [6.45, 7) is 0.309. The van der Waals surface area contributed by atoms with Crippen LogP contribution >= 0.6 is 15.9 Å². The van der Waals surface area contributed by atoms with E-state index in [4.69, 9.17) is 11.5 Å². The van der Waals surface area contributed by atoms with Gasteiger partial charge in [0.2, 0.25) is 0 Å². The van der Waals surface area contributed by atoms with Crippen molar-refractivity contribution in [2.75, 3.05) is 6.54 Å². The molecule has 9 heteroatoms. The molecule has 0 aliphatic heterocycles. The van der Waals surface area contributed by atoms with Crippen molar-refractivity contribution in [1.82, 2.24) is 10.3 Å². The molecule has 2 rings (SSSR count). The molecule has 0 fully saturated rings. The third-order valence-corrected chi connectivity index (χ3v) is 3.93. The van der Waals surface area contributed by atoms with Crippen LogP contribution in [0.2, 0.25) is 0 Å². The Kier molecular flexibility index (Phi) is 5.80. The van der Waals surface area contributed by atoms with Gasteiger partial charge >= 0.3 is 5.97 Å².